The predicted octanol–water partition coefficient (Wildman–Crippen LogP) is 17.3. The summed E-state index contributed by atoms with van der Waals surface area (Å²) >= 11 is 0. The zero-order valence-electron chi connectivity index (χ0n) is 80.2. The van der Waals surface area contributed by atoms with Crippen LogP contribution in [-0.2, 0) is 80.1 Å². The summed E-state index contributed by atoms with van der Waals surface area (Å²) in [5, 5.41) is 40.0. The van der Waals surface area contributed by atoms with Crippen LogP contribution in [-0.4, -0.2) is 203 Å². The van der Waals surface area contributed by atoms with E-state index in [1.54, 1.807) is 53.7 Å². The number of carbonyl (C=O) groups excluding carboxylic acids is 6. The number of amides is 3. The van der Waals surface area contributed by atoms with Crippen LogP contribution < -0.4 is 5.32 Å². The molecule has 5 saturated heterocycles. The van der Waals surface area contributed by atoms with Crippen LogP contribution in [0.4, 0.5) is 18.4 Å². The number of nitrogens with one attached hydrogen (secondary N) is 1. The standard InChI is InChI=1S/C48H73FN2O11Si.C26H38O7.C22H35FN2O4Si/c1-17-34-58-38-35-28(8)32(23-48(55,45(35,14)15)29(9)40-46(16,41(38)59-34)21-20-33-47(40,24-56-33)60-30(10)52)57-42(53)39(62-63(25(2)3,26(4)5)27(6)7)37(36-31(49)19-18-22-50-36)51-43(54)61-44(11,12)13;1-8-18-31-20-19-13(2)16(28)11-26(29,23(19,5)6)14(3)21-24(7,22(20)32-18)10-9-17-25(21,12-30-17)33-15(4)27;1-13(2)30(14(3)4,15(5)6)29-19-18(17-16(23)11-10-12-24-17)25(20(19)26)21(27)28-22(7,8)9/h17-19,22,25-27,29,32-34,37-41,55H,1,20-21,23-24H2,2-16H3,(H,51,54);8,14,16-18,20-22,28-29H,1,9-12H2,2-7H3;10-15,18-19H,1-9H3/t29-,32-,33+,34+,37-,38+,39+,40-,41+,46+,47-,48+;14-,16-,17+,18+,20+,21-,22+,24+,25-,26+;/m00./s1. The highest BCUT2D eigenvalue weighted by atomic mass is 28.4. The van der Waals surface area contributed by atoms with Gasteiger partial charge in [0.25, 0.3) is 5.91 Å². The maximum atomic E-state index is 16.1. The van der Waals surface area contributed by atoms with Crippen LogP contribution in [0.1, 0.15) is 270 Å². The minimum Gasteiger partial charge on any atom is -0.456 e. The van der Waals surface area contributed by atoms with Crippen molar-refractivity contribution in [3.8, 4) is 0 Å². The smallest absolute Gasteiger partial charge is 0.417 e. The Balaban J connectivity index is 0.000000204. The fourth-order valence-electron chi connectivity index (χ4n) is 25.9. The zero-order chi connectivity index (χ0) is 94.1. The quantitative estimate of drug-likeness (QED) is 0.0314. The number of carbonyl (C=O) groups is 6. The largest absolute Gasteiger partial charge is 0.456 e. The number of likely N-dealkylation sites (tertiary alicyclic amines) is 1. The highest BCUT2D eigenvalue weighted by molar-refractivity contribution is 6.78. The number of nitrogens with zero attached hydrogens (tertiary/aromatic N) is 3. The number of fused-ring (bicyclic) bond motifs is 16. The van der Waals surface area contributed by atoms with Crippen molar-refractivity contribution in [1.29, 1.82) is 0 Å². The number of alkyl carbamates (subject to hydrolysis) is 1. The minimum atomic E-state index is -3.02. The van der Waals surface area contributed by atoms with Crippen LogP contribution in [0.2, 0.25) is 33.2 Å². The number of rotatable bonds is 20. The Hall–Kier alpha value is -6.27. The number of halogens is 2. The second-order valence-corrected chi connectivity index (χ2v) is 53.9. The van der Waals surface area contributed by atoms with E-state index in [4.69, 9.17) is 61.0 Å². The molecule has 5 aliphatic heterocycles. The van der Waals surface area contributed by atoms with Crippen LogP contribution in [0.15, 0.2) is 84.3 Å². The molecular formula is C96H146F2N4O22Si2. The maximum absolute atomic E-state index is 16.1. The van der Waals surface area contributed by atoms with Crippen molar-refractivity contribution in [2.24, 2.45) is 45.3 Å². The first-order valence-electron chi connectivity index (χ1n) is 45.6. The Bertz CT molecular complexity index is 4460. The summed E-state index contributed by atoms with van der Waals surface area (Å²) in [4.78, 5) is 89.7. The molecule has 13 rings (SSSR count). The molecule has 704 valence electrons. The lowest BCUT2D eigenvalue weighted by Gasteiger charge is -2.68. The number of pyridine rings is 2. The minimum absolute atomic E-state index is 0.0205. The number of ether oxygens (including phenoxy) is 11. The van der Waals surface area contributed by atoms with Crippen LogP contribution >= 0.6 is 0 Å². The molecule has 6 aliphatic carbocycles. The molecular weight excluding hydrogens is 1660 g/mol. The summed E-state index contributed by atoms with van der Waals surface area (Å²) in [5.41, 5.74) is -5.75. The molecule has 126 heavy (non-hydrogen) atoms. The fourth-order valence-corrected chi connectivity index (χ4v) is 36.9. The Morgan fingerprint density at radius 3 is 1.45 bits per heavy atom. The van der Waals surface area contributed by atoms with Crippen molar-refractivity contribution < 1.29 is 114 Å². The molecule has 7 heterocycles. The third kappa shape index (κ3) is 16.7. The van der Waals surface area contributed by atoms with Gasteiger partial charge < -0.3 is 81.6 Å². The lowest BCUT2D eigenvalue weighted by atomic mass is 9.43. The molecule has 4 N–H and O–H groups in total. The van der Waals surface area contributed by atoms with E-state index in [9.17, 15) is 43.7 Å². The first-order valence-corrected chi connectivity index (χ1v) is 49.8. The summed E-state index contributed by atoms with van der Waals surface area (Å²) in [5.74, 6) is -5.14. The van der Waals surface area contributed by atoms with Crippen molar-refractivity contribution in [1.82, 2.24) is 20.2 Å². The Labute approximate surface area is 747 Å². The van der Waals surface area contributed by atoms with Crippen molar-refractivity contribution >= 4 is 52.6 Å². The van der Waals surface area contributed by atoms with E-state index in [0.717, 1.165) is 34.5 Å². The average Bonchev–Trinajstić information content (AvgIpc) is 1.10. The maximum Gasteiger partial charge on any atom is 0.417 e. The molecule has 26 nitrogen and oxygen atoms in total. The van der Waals surface area contributed by atoms with E-state index in [1.807, 2.05) is 55.4 Å². The molecule has 0 aromatic carbocycles. The highest BCUT2D eigenvalue weighted by Crippen LogP contribution is 2.71. The molecule has 0 spiro atoms. The lowest BCUT2D eigenvalue weighted by molar-refractivity contribution is -0.337. The van der Waals surface area contributed by atoms with Gasteiger partial charge >= 0.3 is 30.1 Å². The monoisotopic (exact) mass is 1800 g/mol. The van der Waals surface area contributed by atoms with E-state index in [2.05, 4.69) is 125 Å². The Morgan fingerprint density at radius 2 is 1.06 bits per heavy atom. The lowest BCUT2D eigenvalue weighted by Crippen LogP contribution is -2.77. The van der Waals surface area contributed by atoms with E-state index < -0.39 is 193 Å². The topological polar surface area (TPSA) is 324 Å². The molecule has 2 aromatic rings. The molecule has 24 atom stereocenters. The van der Waals surface area contributed by atoms with Crippen molar-refractivity contribution in [3.05, 3.63) is 107 Å². The molecule has 0 radical (unpaired) electrons. The van der Waals surface area contributed by atoms with Gasteiger partial charge in [-0.25, -0.2) is 28.1 Å². The summed E-state index contributed by atoms with van der Waals surface area (Å²) in [6.45, 7) is 66.6. The van der Waals surface area contributed by atoms with Gasteiger partial charge in [-0.3, -0.25) is 24.4 Å². The van der Waals surface area contributed by atoms with Gasteiger partial charge in [0.05, 0.1) is 42.7 Å². The number of esters is 3. The van der Waals surface area contributed by atoms with Gasteiger partial charge in [0.1, 0.15) is 76.8 Å². The molecule has 2 aromatic heterocycles. The van der Waals surface area contributed by atoms with Gasteiger partial charge in [-0.15, -0.1) is 0 Å². The van der Waals surface area contributed by atoms with Gasteiger partial charge in [0, 0.05) is 72.6 Å². The third-order valence-corrected chi connectivity index (χ3v) is 43.4. The summed E-state index contributed by atoms with van der Waals surface area (Å²) in [6.07, 6.45) is -1.13. The molecule has 4 saturated carbocycles. The predicted molar refractivity (Wildman–Crippen MR) is 472 cm³/mol. The van der Waals surface area contributed by atoms with Crippen LogP contribution in [0.3, 0.4) is 0 Å². The molecule has 9 fully saturated rings. The van der Waals surface area contributed by atoms with Gasteiger partial charge in [0.15, 0.2) is 36.0 Å². The third-order valence-electron chi connectivity index (χ3n) is 31.2. The Morgan fingerprint density at radius 1 is 0.627 bits per heavy atom. The van der Waals surface area contributed by atoms with E-state index in [-0.39, 0.29) is 100 Å². The first kappa shape index (κ1) is 100. The number of aromatic nitrogens is 2. The number of hydrogen-bond donors (Lipinski definition) is 4. The summed E-state index contributed by atoms with van der Waals surface area (Å²) < 4.78 is 113. The second kappa shape index (κ2) is 35.7. The van der Waals surface area contributed by atoms with Crippen molar-refractivity contribution in [3.63, 3.8) is 0 Å². The number of imide groups is 1. The average molecular weight is 1800 g/mol. The fraction of sp³-hybridized carbons (Fsp3) is 0.750. The van der Waals surface area contributed by atoms with Crippen molar-refractivity contribution in [2.75, 3.05) is 13.2 Å². The molecule has 30 heteroatoms. The van der Waals surface area contributed by atoms with E-state index in [0.29, 0.717) is 25.0 Å². The molecule has 2 unspecified atom stereocenters. The number of aliphatic hydroxyl groups is 3. The van der Waals surface area contributed by atoms with Gasteiger partial charge in [0.2, 0.25) is 16.6 Å². The first-order chi connectivity index (χ1) is 58.2. The zero-order valence-corrected chi connectivity index (χ0v) is 82.2. The number of β-lactam (4-membered cyclic amide) rings is 1. The van der Waals surface area contributed by atoms with Crippen LogP contribution in [0.5, 0.6) is 0 Å². The number of aliphatic hydroxyl groups excluding tert-OH is 1. The normalized spacial score (nSPS) is 35.9. The summed E-state index contributed by atoms with van der Waals surface area (Å²) in [7, 11) is -5.48. The van der Waals surface area contributed by atoms with Crippen LogP contribution in [0.25, 0.3) is 0 Å². The van der Waals surface area contributed by atoms with Crippen molar-refractivity contribution in [2.45, 2.75) is 399 Å². The van der Waals surface area contributed by atoms with E-state index >= 15 is 9.18 Å². The Kier molecular flexibility index (Phi) is 28.4. The molecule has 3 amide bonds. The van der Waals surface area contributed by atoms with E-state index in [1.165, 1.54) is 50.5 Å². The highest BCUT2D eigenvalue weighted by Gasteiger charge is 2.78. The SMILES string of the molecule is C=C[C@@H]1O[C@@H]2C3=C(C)[C@@H](O)C[C@@](O)([C@@H](C)[C@H]4[C@@](C)(CC[C@H]5OC[C@]54OC(C)=O)[C@@H]2O1)C3(C)C.C=C[C@@H]1O[C@@H]2C3=C(C)[C@@H](OC(=O)[C@H](O[Si](C(C)C)(C(C)C)C(C)C)[C@@H](NC(=O)OC(C)(C)C)c4ncccc4F)C[C@@](O)([C@@H](C)[C@H]4[C@@](C)(CC[C@H]5OC[C@]54OC(C)=O)[C@@H]2O1)C3(C)C.CC(C)[Si](OC1C(=O)N(C(=O)OC(C)(C)C)C1c1ncccc1F)(C(C)C)C(C)C. The second-order valence-electron chi connectivity index (χ2n) is 43.1. The number of hydrogen-bond acceptors (Lipinski definition) is 24. The van der Waals surface area contributed by atoms with Crippen LogP contribution in [0, 0.1) is 57.0 Å². The molecule has 4 bridgehead atoms. The van der Waals surface area contributed by atoms with Gasteiger partial charge in [-0.2, -0.15) is 0 Å². The summed E-state index contributed by atoms with van der Waals surface area (Å²) in [6, 6.07) is 2.96. The van der Waals surface area contributed by atoms with Gasteiger partial charge in [-0.05, 0) is 185 Å². The molecule has 11 aliphatic rings. The van der Waals surface area contributed by atoms with Gasteiger partial charge in [-0.1, -0.05) is 152 Å².